The van der Waals surface area contributed by atoms with Crippen molar-refractivity contribution in [1.82, 2.24) is 10.6 Å². The van der Waals surface area contributed by atoms with Crippen LogP contribution in [0.4, 0.5) is 0 Å². The van der Waals surface area contributed by atoms with Gasteiger partial charge in [-0.05, 0) is 47.6 Å². The van der Waals surface area contributed by atoms with Crippen molar-refractivity contribution >= 4 is 22.6 Å². The lowest BCUT2D eigenvalue weighted by molar-refractivity contribution is -0.123. The van der Waals surface area contributed by atoms with Crippen LogP contribution in [0, 0.1) is 0 Å². The maximum absolute atomic E-state index is 12.1. The largest absolute Gasteiger partial charge is 0.508 e. The van der Waals surface area contributed by atoms with Gasteiger partial charge < -0.3 is 20.8 Å². The van der Waals surface area contributed by atoms with Crippen molar-refractivity contribution in [3.8, 4) is 5.75 Å². The van der Waals surface area contributed by atoms with Crippen molar-refractivity contribution < 1.29 is 15.0 Å². The molecule has 3 rings (SSSR count). The van der Waals surface area contributed by atoms with E-state index in [1.165, 1.54) is 0 Å². The quantitative estimate of drug-likeness (QED) is 0.664. The number of amides is 1. The molecule has 0 aliphatic carbocycles. The number of carbonyl (C=O) groups excluding carboxylic acids is 1. The molecule has 0 spiro atoms. The lowest BCUT2D eigenvalue weighted by Crippen LogP contribution is -2.40. The summed E-state index contributed by atoms with van der Waals surface area (Å²) in [5.41, 5.74) is 3.65. The molecule has 4 N–H and O–H groups in total. The van der Waals surface area contributed by atoms with Gasteiger partial charge in [-0.2, -0.15) is 0 Å². The van der Waals surface area contributed by atoms with Crippen LogP contribution in [0.3, 0.4) is 0 Å². The van der Waals surface area contributed by atoms with Crippen LogP contribution >= 0.6 is 11.8 Å². The average molecular weight is 358 g/mol. The molecule has 1 aromatic carbocycles. The van der Waals surface area contributed by atoms with Gasteiger partial charge >= 0.3 is 0 Å². The molecule has 0 bridgehead atoms. The minimum absolute atomic E-state index is 0.151. The summed E-state index contributed by atoms with van der Waals surface area (Å²) in [5, 5.41) is 27.5. The second-order valence-electron chi connectivity index (χ2n) is 6.31. The highest BCUT2D eigenvalue weighted by atomic mass is 32.2. The highest BCUT2D eigenvalue weighted by molar-refractivity contribution is 8.11. The predicted molar refractivity (Wildman–Crippen MR) is 101 cm³/mol. The van der Waals surface area contributed by atoms with Crippen molar-refractivity contribution in [1.29, 1.82) is 0 Å². The van der Waals surface area contributed by atoms with Gasteiger partial charge in [0.05, 0.1) is 12.1 Å². The lowest BCUT2D eigenvalue weighted by atomic mass is 10.0. The van der Waals surface area contributed by atoms with Crippen LogP contribution in [-0.4, -0.2) is 34.8 Å². The number of benzene rings is 1. The summed E-state index contributed by atoms with van der Waals surface area (Å²) in [6.07, 6.45) is 1.91. The van der Waals surface area contributed by atoms with E-state index < -0.39 is 6.10 Å². The summed E-state index contributed by atoms with van der Waals surface area (Å²) in [6, 6.07) is 5.11. The first-order valence-corrected chi connectivity index (χ1v) is 9.08. The zero-order valence-corrected chi connectivity index (χ0v) is 14.9. The molecule has 0 unspecified atom stereocenters. The Balaban J connectivity index is 1.67. The third-order valence-corrected chi connectivity index (χ3v) is 5.55. The van der Waals surface area contributed by atoms with Gasteiger partial charge in [0.15, 0.2) is 0 Å². The number of aliphatic hydroxyl groups is 1. The Kier molecular flexibility index (Phi) is 5.32. The highest BCUT2D eigenvalue weighted by Crippen LogP contribution is 2.39. The van der Waals surface area contributed by atoms with Crippen LogP contribution in [0.25, 0.3) is 4.91 Å². The van der Waals surface area contributed by atoms with Crippen LogP contribution < -0.4 is 10.6 Å². The number of rotatable bonds is 4. The van der Waals surface area contributed by atoms with E-state index in [2.05, 4.69) is 17.2 Å². The monoisotopic (exact) mass is 358 g/mol. The molecule has 6 heteroatoms. The van der Waals surface area contributed by atoms with Crippen molar-refractivity contribution in [3.63, 3.8) is 0 Å². The van der Waals surface area contributed by atoms with Gasteiger partial charge in [0, 0.05) is 23.6 Å². The second kappa shape index (κ2) is 7.47. The number of aromatic hydroxyl groups is 1. The Morgan fingerprint density at radius 3 is 2.96 bits per heavy atom. The molecule has 25 heavy (non-hydrogen) atoms. The maximum Gasteiger partial charge on any atom is 0.237 e. The molecular formula is C19H22N2O3S. The summed E-state index contributed by atoms with van der Waals surface area (Å²) in [5.74, 6) is -0.0128. The molecule has 1 aromatic rings. The number of carbonyl (C=O) groups is 1. The Morgan fingerprint density at radius 2 is 2.28 bits per heavy atom. The molecule has 2 aliphatic heterocycles. The van der Waals surface area contributed by atoms with Gasteiger partial charge in [0.25, 0.3) is 0 Å². The molecular weight excluding hydrogens is 336 g/mol. The number of phenols is 1. The van der Waals surface area contributed by atoms with Crippen LogP contribution in [0.1, 0.15) is 24.5 Å². The standard InChI is InChI=1S/C19H22N2O3S/c1-11-5-6-25-18(12(11)2)13-3-4-14(17(23)7-13)9-21-19(24)16-8-15(22)10-20-16/h3-7,15-16,20,22-23H,1,8-10H2,2H3,(H,21,24)/t15-,16+/m1/s1. The molecule has 2 heterocycles. The van der Waals surface area contributed by atoms with Crippen molar-refractivity contribution in [3.05, 3.63) is 58.5 Å². The number of thioether (sulfide) groups is 1. The van der Waals surface area contributed by atoms with Crippen LogP contribution in [0.15, 0.2) is 47.4 Å². The first-order chi connectivity index (χ1) is 12.0. The third kappa shape index (κ3) is 3.98. The fraction of sp³-hybridized carbons (Fsp3) is 0.316. The average Bonchev–Trinajstić information content (AvgIpc) is 3.02. The van der Waals surface area contributed by atoms with Crippen molar-refractivity contribution in [2.24, 2.45) is 0 Å². The van der Waals surface area contributed by atoms with Crippen LogP contribution in [0.5, 0.6) is 5.75 Å². The highest BCUT2D eigenvalue weighted by Gasteiger charge is 2.27. The van der Waals surface area contributed by atoms with E-state index in [-0.39, 0.29) is 24.2 Å². The van der Waals surface area contributed by atoms with E-state index in [1.54, 1.807) is 17.8 Å². The molecule has 0 saturated carbocycles. The van der Waals surface area contributed by atoms with Crippen LogP contribution in [-0.2, 0) is 11.3 Å². The molecule has 132 valence electrons. The third-order valence-electron chi connectivity index (χ3n) is 4.50. The molecule has 0 aromatic heterocycles. The van der Waals surface area contributed by atoms with Gasteiger partial charge in [-0.1, -0.05) is 30.5 Å². The topological polar surface area (TPSA) is 81.6 Å². The molecule has 0 radical (unpaired) electrons. The van der Waals surface area contributed by atoms with E-state index in [1.807, 2.05) is 30.5 Å². The van der Waals surface area contributed by atoms with Crippen LogP contribution in [0.2, 0.25) is 0 Å². The first-order valence-electron chi connectivity index (χ1n) is 8.20. The van der Waals surface area contributed by atoms with Gasteiger partial charge in [-0.25, -0.2) is 0 Å². The Hall–Kier alpha value is -2.02. The fourth-order valence-electron chi connectivity index (χ4n) is 2.90. The van der Waals surface area contributed by atoms with E-state index >= 15 is 0 Å². The number of phenolic OH excluding ortho intramolecular Hbond substituents is 1. The first kappa shape index (κ1) is 17.8. The minimum atomic E-state index is -0.475. The minimum Gasteiger partial charge on any atom is -0.508 e. The zero-order valence-electron chi connectivity index (χ0n) is 14.1. The van der Waals surface area contributed by atoms with E-state index in [0.717, 1.165) is 21.6 Å². The summed E-state index contributed by atoms with van der Waals surface area (Å²) in [4.78, 5) is 13.1. The summed E-state index contributed by atoms with van der Waals surface area (Å²) in [6.45, 7) is 6.71. The smallest absolute Gasteiger partial charge is 0.237 e. The van der Waals surface area contributed by atoms with Crippen molar-refractivity contribution in [2.45, 2.75) is 32.0 Å². The molecule has 1 saturated heterocycles. The SMILES string of the molecule is C=C1C=CSC(c2ccc(CNC(=O)[C@@H]3C[C@@H](O)CN3)c(O)c2)=C1C. The van der Waals surface area contributed by atoms with Gasteiger partial charge in [-0.15, -0.1) is 0 Å². The maximum atomic E-state index is 12.1. The second-order valence-corrected chi connectivity index (χ2v) is 7.23. The number of hydrogen-bond acceptors (Lipinski definition) is 5. The fourth-order valence-corrected chi connectivity index (χ4v) is 3.84. The number of allylic oxidation sites excluding steroid dienone is 3. The molecule has 1 amide bonds. The van der Waals surface area contributed by atoms with E-state index in [0.29, 0.717) is 18.5 Å². The molecule has 2 aliphatic rings. The molecule has 1 fully saturated rings. The number of nitrogens with one attached hydrogen (secondary N) is 2. The van der Waals surface area contributed by atoms with Gasteiger partial charge in [0.1, 0.15) is 5.75 Å². The number of aliphatic hydroxyl groups excluding tert-OH is 1. The zero-order chi connectivity index (χ0) is 18.0. The summed E-state index contributed by atoms with van der Waals surface area (Å²) < 4.78 is 0. The van der Waals surface area contributed by atoms with E-state index in [4.69, 9.17) is 0 Å². The van der Waals surface area contributed by atoms with Crippen molar-refractivity contribution in [2.75, 3.05) is 6.54 Å². The molecule has 2 atom stereocenters. The Bertz CT molecular complexity index is 770. The Labute approximate surface area is 151 Å². The van der Waals surface area contributed by atoms with Gasteiger partial charge in [-0.3, -0.25) is 4.79 Å². The number of β-amino-alcohol motifs (C(OH)–C–C–N with tert-alkyl or cyclic N) is 1. The Morgan fingerprint density at radius 1 is 1.48 bits per heavy atom. The summed E-state index contributed by atoms with van der Waals surface area (Å²) in [7, 11) is 0. The normalized spacial score (nSPS) is 23.2. The summed E-state index contributed by atoms with van der Waals surface area (Å²) >= 11 is 1.60. The lowest BCUT2D eigenvalue weighted by Gasteiger charge is -2.16. The van der Waals surface area contributed by atoms with Gasteiger partial charge in [0.2, 0.25) is 5.91 Å². The predicted octanol–water partition coefficient (Wildman–Crippen LogP) is 2.28. The molecule has 5 nitrogen and oxygen atoms in total. The van der Waals surface area contributed by atoms with E-state index in [9.17, 15) is 15.0 Å². The number of hydrogen-bond donors (Lipinski definition) is 4.